The van der Waals surface area contributed by atoms with E-state index in [2.05, 4.69) is 33.7 Å². The predicted octanol–water partition coefficient (Wildman–Crippen LogP) is 7.01. The van der Waals surface area contributed by atoms with Crippen molar-refractivity contribution in [1.82, 2.24) is 24.2 Å². The lowest BCUT2D eigenvalue weighted by atomic mass is 9.73. The Balaban J connectivity index is 1.23. The molecule has 35 heavy (non-hydrogen) atoms. The number of aryl methyl sites for hydroxylation is 1. The first-order valence-electron chi connectivity index (χ1n) is 14.1. The monoisotopic (exact) mass is 491 g/mol. The Morgan fingerprint density at radius 3 is 2.20 bits per heavy atom. The van der Waals surface area contributed by atoms with Crippen LogP contribution in [0.4, 0.5) is 0 Å². The smallest absolute Gasteiger partial charge is 0.163 e. The lowest BCUT2D eigenvalue weighted by Crippen LogP contribution is -2.58. The molecule has 4 unspecified atom stereocenters. The fraction of sp³-hybridized carbons (Fsp3) is 0.655. The van der Waals surface area contributed by atoms with Crippen LogP contribution in [0.5, 0.6) is 0 Å². The number of para-hydroxylation sites is 2. The molecule has 1 aromatic carbocycles. The van der Waals surface area contributed by atoms with Crippen molar-refractivity contribution in [2.24, 2.45) is 18.9 Å². The van der Waals surface area contributed by atoms with Crippen molar-refractivity contribution in [3.63, 3.8) is 0 Å². The molecule has 4 fully saturated rings. The van der Waals surface area contributed by atoms with Crippen molar-refractivity contribution in [3.05, 3.63) is 35.5 Å². The Kier molecular flexibility index (Phi) is 5.70. The van der Waals surface area contributed by atoms with Gasteiger partial charge in [0.2, 0.25) is 0 Å². The highest BCUT2D eigenvalue weighted by Gasteiger charge is 2.45. The molecule has 0 radical (unpaired) electrons. The number of imidazole rings is 1. The van der Waals surface area contributed by atoms with Gasteiger partial charge in [0.05, 0.1) is 16.1 Å². The third-order valence-corrected chi connectivity index (χ3v) is 10.0. The zero-order chi connectivity index (χ0) is 23.5. The van der Waals surface area contributed by atoms with Gasteiger partial charge in [-0.25, -0.2) is 4.98 Å². The molecule has 7 rings (SSSR count). The molecule has 4 aliphatic rings. The average Bonchev–Trinajstić information content (AvgIpc) is 3.34. The molecule has 0 spiro atoms. The molecule has 2 aromatic heterocycles. The van der Waals surface area contributed by atoms with Crippen LogP contribution in [0.2, 0.25) is 5.02 Å². The summed E-state index contributed by atoms with van der Waals surface area (Å²) in [7, 11) is 1.94. The summed E-state index contributed by atoms with van der Waals surface area (Å²) in [5, 5.41) is 5.41. The van der Waals surface area contributed by atoms with Crippen LogP contribution in [0.1, 0.15) is 83.1 Å². The summed E-state index contributed by atoms with van der Waals surface area (Å²) in [6.45, 7) is 0. The minimum atomic E-state index is 0.452. The predicted molar refractivity (Wildman–Crippen MR) is 142 cm³/mol. The molecule has 3 aromatic rings. The second kappa shape index (κ2) is 8.92. The van der Waals surface area contributed by atoms with Crippen LogP contribution in [0, 0.1) is 11.8 Å². The van der Waals surface area contributed by atoms with Gasteiger partial charge in [-0.1, -0.05) is 55.8 Å². The third-order valence-electron chi connectivity index (χ3n) is 9.74. The van der Waals surface area contributed by atoms with Crippen molar-refractivity contribution in [2.75, 3.05) is 0 Å². The fourth-order valence-electron chi connectivity index (χ4n) is 8.50. The van der Waals surface area contributed by atoms with Gasteiger partial charge >= 0.3 is 0 Å². The SMILES string of the molecule is Cn1cc(Cl)c(-c2nc3ccccc3n2C2CC3CCCC(C2)N3C2CC3CCCCC(C3)C2)n1. The van der Waals surface area contributed by atoms with Gasteiger partial charge in [-0.2, -0.15) is 5.10 Å². The van der Waals surface area contributed by atoms with Gasteiger partial charge in [0.1, 0.15) is 5.69 Å². The Morgan fingerprint density at radius 2 is 1.51 bits per heavy atom. The van der Waals surface area contributed by atoms with Gasteiger partial charge in [0.25, 0.3) is 0 Å². The van der Waals surface area contributed by atoms with Crippen LogP contribution in [0.3, 0.4) is 0 Å². The molecule has 4 heterocycles. The number of aromatic nitrogens is 4. The Labute approximate surface area is 213 Å². The van der Waals surface area contributed by atoms with E-state index in [1.165, 1.54) is 82.6 Å². The third kappa shape index (κ3) is 3.94. The quantitative estimate of drug-likeness (QED) is 0.395. The van der Waals surface area contributed by atoms with Crippen molar-refractivity contribution < 1.29 is 0 Å². The topological polar surface area (TPSA) is 38.9 Å². The zero-order valence-corrected chi connectivity index (χ0v) is 21.7. The summed E-state index contributed by atoms with van der Waals surface area (Å²) in [6.07, 6.45) is 18.7. The van der Waals surface area contributed by atoms with E-state index in [0.29, 0.717) is 23.1 Å². The Hall–Kier alpha value is -1.85. The number of piperidine rings is 2. The molecule has 6 heteroatoms. The van der Waals surface area contributed by atoms with Gasteiger partial charge in [0, 0.05) is 37.4 Å². The van der Waals surface area contributed by atoms with Gasteiger partial charge in [-0.15, -0.1) is 0 Å². The lowest BCUT2D eigenvalue weighted by Gasteiger charge is -2.54. The lowest BCUT2D eigenvalue weighted by molar-refractivity contribution is -0.0415. The summed E-state index contributed by atoms with van der Waals surface area (Å²) in [4.78, 5) is 8.13. The van der Waals surface area contributed by atoms with Crippen molar-refractivity contribution in [3.8, 4) is 11.5 Å². The minimum Gasteiger partial charge on any atom is -0.319 e. The maximum absolute atomic E-state index is 6.65. The first-order valence-corrected chi connectivity index (χ1v) is 14.5. The summed E-state index contributed by atoms with van der Waals surface area (Å²) in [5.74, 6) is 2.90. The molecular weight excluding hydrogens is 454 g/mol. The number of hydrogen-bond donors (Lipinski definition) is 0. The maximum Gasteiger partial charge on any atom is 0.163 e. The summed E-state index contributed by atoms with van der Waals surface area (Å²) in [5.41, 5.74) is 3.09. The maximum atomic E-state index is 6.65. The van der Waals surface area contributed by atoms with Crippen LogP contribution in [0.15, 0.2) is 30.5 Å². The molecule has 5 nitrogen and oxygen atoms in total. The van der Waals surface area contributed by atoms with E-state index < -0.39 is 0 Å². The van der Waals surface area contributed by atoms with Crippen LogP contribution in [0.25, 0.3) is 22.6 Å². The van der Waals surface area contributed by atoms with Crippen LogP contribution >= 0.6 is 11.6 Å². The van der Waals surface area contributed by atoms with Crippen molar-refractivity contribution >= 4 is 22.6 Å². The Bertz CT molecular complexity index is 1190. The first-order chi connectivity index (χ1) is 17.1. The van der Waals surface area contributed by atoms with Gasteiger partial charge in [0.15, 0.2) is 5.82 Å². The van der Waals surface area contributed by atoms with E-state index in [1.807, 2.05) is 13.2 Å². The number of halogens is 1. The summed E-state index contributed by atoms with van der Waals surface area (Å²) in [6, 6.07) is 11.3. The number of nitrogens with zero attached hydrogens (tertiary/aromatic N) is 5. The highest BCUT2D eigenvalue weighted by atomic mass is 35.5. The van der Waals surface area contributed by atoms with Crippen LogP contribution in [-0.2, 0) is 7.05 Å². The summed E-state index contributed by atoms with van der Waals surface area (Å²) < 4.78 is 4.31. The fourth-order valence-corrected chi connectivity index (χ4v) is 8.76. The number of hydrogen-bond acceptors (Lipinski definition) is 3. The number of fused-ring (bicyclic) bond motifs is 5. The molecule has 2 aliphatic heterocycles. The van der Waals surface area contributed by atoms with E-state index in [4.69, 9.17) is 21.7 Å². The van der Waals surface area contributed by atoms with Crippen LogP contribution in [-0.4, -0.2) is 42.4 Å². The largest absolute Gasteiger partial charge is 0.319 e. The molecule has 0 amide bonds. The molecule has 2 saturated carbocycles. The van der Waals surface area contributed by atoms with E-state index in [9.17, 15) is 0 Å². The van der Waals surface area contributed by atoms with Crippen LogP contribution < -0.4 is 0 Å². The molecule has 4 bridgehead atoms. The second-order valence-electron chi connectivity index (χ2n) is 12.0. The molecule has 4 atom stereocenters. The zero-order valence-electron chi connectivity index (χ0n) is 21.0. The van der Waals surface area contributed by atoms with E-state index in [1.54, 1.807) is 4.68 Å². The standard InChI is InChI=1S/C29H38ClN5/c1-33-18-25(30)28(32-33)29-31-26-11-4-5-12-27(26)35(29)24-16-21-9-6-10-22(17-24)34(21)23-14-19-7-2-3-8-20(13-19)15-23/h4-5,11-12,18-24H,2-3,6-10,13-17H2,1H3. The highest BCUT2D eigenvalue weighted by Crippen LogP contribution is 2.48. The van der Waals surface area contributed by atoms with E-state index in [-0.39, 0.29) is 0 Å². The summed E-state index contributed by atoms with van der Waals surface area (Å²) >= 11 is 6.65. The second-order valence-corrected chi connectivity index (χ2v) is 12.4. The number of benzene rings is 1. The van der Waals surface area contributed by atoms with E-state index in [0.717, 1.165) is 34.9 Å². The Morgan fingerprint density at radius 1 is 0.800 bits per heavy atom. The van der Waals surface area contributed by atoms with Gasteiger partial charge in [-0.05, 0) is 68.9 Å². The molecular formula is C29H38ClN5. The molecule has 2 saturated heterocycles. The molecule has 0 N–H and O–H groups in total. The molecule has 2 aliphatic carbocycles. The van der Waals surface area contributed by atoms with E-state index >= 15 is 0 Å². The number of rotatable bonds is 3. The normalized spacial score (nSPS) is 33.7. The molecule has 186 valence electrons. The van der Waals surface area contributed by atoms with Crippen molar-refractivity contribution in [1.29, 1.82) is 0 Å². The minimum absolute atomic E-state index is 0.452. The van der Waals surface area contributed by atoms with Gasteiger partial charge < -0.3 is 4.57 Å². The van der Waals surface area contributed by atoms with Gasteiger partial charge in [-0.3, -0.25) is 9.58 Å². The average molecular weight is 492 g/mol. The highest BCUT2D eigenvalue weighted by molar-refractivity contribution is 6.32. The first kappa shape index (κ1) is 22.4. The van der Waals surface area contributed by atoms with Crippen molar-refractivity contribution in [2.45, 2.75) is 101 Å².